The Morgan fingerprint density at radius 2 is 2.26 bits per heavy atom. The molecule has 1 unspecified atom stereocenters. The van der Waals surface area contributed by atoms with E-state index < -0.39 is 0 Å². The zero-order valence-corrected chi connectivity index (χ0v) is 16.4. The average Bonchev–Trinajstić information content (AvgIpc) is 3.00. The van der Waals surface area contributed by atoms with Gasteiger partial charge in [-0.25, -0.2) is 9.98 Å². The Kier molecular flexibility index (Phi) is 9.23. The van der Waals surface area contributed by atoms with Crippen molar-refractivity contribution >= 4 is 29.9 Å². The lowest BCUT2D eigenvalue weighted by Crippen LogP contribution is -2.40. The Morgan fingerprint density at radius 3 is 2.96 bits per heavy atom. The lowest BCUT2D eigenvalue weighted by atomic mass is 10.1. The number of nitrogens with one attached hydrogen (secondary N) is 1. The molecule has 1 aliphatic heterocycles. The minimum absolute atomic E-state index is 0. The molecule has 0 aliphatic carbocycles. The van der Waals surface area contributed by atoms with Gasteiger partial charge in [0.05, 0.1) is 26.0 Å². The monoisotopic (exact) mass is 434 g/mol. The number of hydrogen-bond acceptors (Lipinski definition) is 4. The van der Waals surface area contributed by atoms with Crippen LogP contribution in [0.15, 0.2) is 23.2 Å². The van der Waals surface area contributed by atoms with Crippen molar-refractivity contribution in [1.82, 2.24) is 15.2 Å². The van der Waals surface area contributed by atoms with Crippen molar-refractivity contribution < 1.29 is 9.47 Å². The Balaban J connectivity index is 0.00000264. The topological polar surface area (TPSA) is 59.0 Å². The molecule has 0 radical (unpaired) electrons. The fourth-order valence-corrected chi connectivity index (χ4v) is 2.64. The van der Waals surface area contributed by atoms with E-state index in [-0.39, 0.29) is 24.0 Å². The van der Waals surface area contributed by atoms with Crippen LogP contribution in [-0.2, 0) is 11.3 Å². The van der Waals surface area contributed by atoms with E-state index in [9.17, 15) is 0 Å². The maximum Gasteiger partial charge on any atom is 0.213 e. The van der Waals surface area contributed by atoms with E-state index in [4.69, 9.17) is 14.5 Å². The fourth-order valence-electron chi connectivity index (χ4n) is 2.64. The first-order chi connectivity index (χ1) is 10.8. The van der Waals surface area contributed by atoms with Crippen LogP contribution in [0.25, 0.3) is 0 Å². The van der Waals surface area contributed by atoms with E-state index in [1.807, 2.05) is 18.2 Å². The second-order valence-electron chi connectivity index (χ2n) is 5.40. The number of halogens is 1. The number of rotatable bonds is 6. The number of guanidine groups is 1. The summed E-state index contributed by atoms with van der Waals surface area (Å²) in [7, 11) is 3.38. The first-order valence-electron chi connectivity index (χ1n) is 7.79. The molecule has 1 aliphatic rings. The van der Waals surface area contributed by atoms with Crippen molar-refractivity contribution in [3.05, 3.63) is 23.9 Å². The summed E-state index contributed by atoms with van der Waals surface area (Å²) >= 11 is 0. The molecule has 2 rings (SSSR count). The average molecular weight is 434 g/mol. The highest BCUT2D eigenvalue weighted by atomic mass is 127. The van der Waals surface area contributed by atoms with Gasteiger partial charge in [-0.1, -0.05) is 6.07 Å². The summed E-state index contributed by atoms with van der Waals surface area (Å²) in [4.78, 5) is 11.4. The van der Waals surface area contributed by atoms with Gasteiger partial charge in [0.2, 0.25) is 5.88 Å². The summed E-state index contributed by atoms with van der Waals surface area (Å²) in [6.45, 7) is 6.31. The van der Waals surface area contributed by atoms with Crippen molar-refractivity contribution in [1.29, 1.82) is 0 Å². The van der Waals surface area contributed by atoms with Crippen molar-refractivity contribution in [2.45, 2.75) is 19.9 Å². The fraction of sp³-hybridized carbons (Fsp3) is 0.625. The predicted octanol–water partition coefficient (Wildman–Crippen LogP) is 2.14. The minimum Gasteiger partial charge on any atom is -0.481 e. The maximum absolute atomic E-state index is 5.26. The molecule has 0 aromatic carbocycles. The van der Waals surface area contributed by atoms with Gasteiger partial charge in [0.15, 0.2) is 5.96 Å². The van der Waals surface area contributed by atoms with E-state index in [0.29, 0.717) is 18.3 Å². The van der Waals surface area contributed by atoms with Crippen LogP contribution in [0.5, 0.6) is 5.88 Å². The lowest BCUT2D eigenvalue weighted by Gasteiger charge is -2.21. The van der Waals surface area contributed by atoms with Gasteiger partial charge in [-0.05, 0) is 19.4 Å². The second-order valence-corrected chi connectivity index (χ2v) is 5.40. The number of ether oxygens (including phenoxy) is 2. The van der Waals surface area contributed by atoms with E-state index in [0.717, 1.165) is 44.3 Å². The summed E-state index contributed by atoms with van der Waals surface area (Å²) in [5, 5.41) is 3.36. The third kappa shape index (κ3) is 6.14. The van der Waals surface area contributed by atoms with Gasteiger partial charge in [0.25, 0.3) is 0 Å². The molecule has 23 heavy (non-hydrogen) atoms. The van der Waals surface area contributed by atoms with Gasteiger partial charge in [-0.15, -0.1) is 24.0 Å². The summed E-state index contributed by atoms with van der Waals surface area (Å²) in [6.07, 6.45) is 1.15. The molecule has 1 aromatic rings. The van der Waals surface area contributed by atoms with Crippen LogP contribution in [0.3, 0.4) is 0 Å². The number of methoxy groups -OCH3 is 2. The number of aliphatic imine (C=N–C) groups is 1. The Morgan fingerprint density at radius 1 is 1.43 bits per heavy atom. The molecule has 1 atom stereocenters. The normalized spacial score (nSPS) is 17.8. The third-order valence-corrected chi connectivity index (χ3v) is 3.70. The zero-order chi connectivity index (χ0) is 15.8. The molecular weight excluding hydrogens is 407 g/mol. The standard InChI is InChI=1S/C16H26N4O2.HI/c1-4-17-16(20-9-8-13(11-20)12-21-2)18-10-14-6-5-7-15(19-14)22-3;/h5-7,13H,4,8-12H2,1-3H3,(H,17,18);1H. The molecule has 1 fully saturated rings. The van der Waals surface area contributed by atoms with Crippen LogP contribution in [0.1, 0.15) is 19.0 Å². The third-order valence-electron chi connectivity index (χ3n) is 3.70. The SMILES string of the molecule is CCNC(=NCc1cccc(OC)n1)N1CCC(COC)C1.I. The molecular formula is C16H27IN4O2. The quantitative estimate of drug-likeness (QED) is 0.423. The highest BCUT2D eigenvalue weighted by Crippen LogP contribution is 2.16. The molecule has 1 aromatic heterocycles. The number of pyridine rings is 1. The van der Waals surface area contributed by atoms with Crippen LogP contribution in [0.4, 0.5) is 0 Å². The minimum atomic E-state index is 0. The molecule has 1 saturated heterocycles. The van der Waals surface area contributed by atoms with E-state index in [1.165, 1.54) is 0 Å². The smallest absolute Gasteiger partial charge is 0.213 e. The molecule has 0 bridgehead atoms. The van der Waals surface area contributed by atoms with Gasteiger partial charge in [-0.3, -0.25) is 0 Å². The summed E-state index contributed by atoms with van der Waals surface area (Å²) in [5.41, 5.74) is 0.905. The zero-order valence-electron chi connectivity index (χ0n) is 14.1. The van der Waals surface area contributed by atoms with Crippen molar-refractivity contribution in [2.24, 2.45) is 10.9 Å². The van der Waals surface area contributed by atoms with Crippen molar-refractivity contribution in [3.8, 4) is 5.88 Å². The molecule has 1 N–H and O–H groups in total. The van der Waals surface area contributed by atoms with E-state index in [1.54, 1.807) is 14.2 Å². The summed E-state index contributed by atoms with van der Waals surface area (Å²) < 4.78 is 10.4. The number of aromatic nitrogens is 1. The van der Waals surface area contributed by atoms with Crippen molar-refractivity contribution in [3.63, 3.8) is 0 Å². The predicted molar refractivity (Wildman–Crippen MR) is 103 cm³/mol. The van der Waals surface area contributed by atoms with Crippen LogP contribution < -0.4 is 10.1 Å². The van der Waals surface area contributed by atoms with Gasteiger partial charge in [-0.2, -0.15) is 0 Å². The Bertz CT molecular complexity index is 499. The van der Waals surface area contributed by atoms with E-state index >= 15 is 0 Å². The van der Waals surface area contributed by atoms with Gasteiger partial charge in [0.1, 0.15) is 0 Å². The van der Waals surface area contributed by atoms with Gasteiger partial charge in [0, 0.05) is 38.7 Å². The summed E-state index contributed by atoms with van der Waals surface area (Å²) in [6, 6.07) is 5.75. The van der Waals surface area contributed by atoms with Crippen LogP contribution in [0, 0.1) is 5.92 Å². The largest absolute Gasteiger partial charge is 0.481 e. The second kappa shape index (κ2) is 10.6. The molecule has 6 nitrogen and oxygen atoms in total. The molecule has 2 heterocycles. The first-order valence-corrected chi connectivity index (χ1v) is 7.79. The molecule has 0 amide bonds. The summed E-state index contributed by atoms with van der Waals surface area (Å²) in [5.74, 6) is 2.16. The highest BCUT2D eigenvalue weighted by Gasteiger charge is 2.24. The Labute approximate surface area is 155 Å². The van der Waals surface area contributed by atoms with Gasteiger partial charge >= 0.3 is 0 Å². The number of hydrogen-bond donors (Lipinski definition) is 1. The number of nitrogens with zero attached hydrogens (tertiary/aromatic N) is 3. The molecule has 0 saturated carbocycles. The molecule has 130 valence electrons. The van der Waals surface area contributed by atoms with Crippen LogP contribution in [-0.4, -0.2) is 56.3 Å². The van der Waals surface area contributed by atoms with Crippen molar-refractivity contribution in [2.75, 3.05) is 40.5 Å². The Hall–Kier alpha value is -1.09. The van der Waals surface area contributed by atoms with Crippen LogP contribution >= 0.6 is 24.0 Å². The number of likely N-dealkylation sites (tertiary alicyclic amines) is 1. The molecule has 7 heteroatoms. The maximum atomic E-state index is 5.26. The first kappa shape index (κ1) is 20.0. The lowest BCUT2D eigenvalue weighted by molar-refractivity contribution is 0.157. The van der Waals surface area contributed by atoms with Gasteiger partial charge < -0.3 is 19.7 Å². The van der Waals surface area contributed by atoms with Crippen LogP contribution in [0.2, 0.25) is 0 Å². The highest BCUT2D eigenvalue weighted by molar-refractivity contribution is 14.0. The molecule has 0 spiro atoms. The van der Waals surface area contributed by atoms with E-state index in [2.05, 4.69) is 22.1 Å².